The second-order valence-corrected chi connectivity index (χ2v) is 7.64. The Morgan fingerprint density at radius 1 is 1.00 bits per heavy atom. The molecule has 0 fully saturated rings. The average molecular weight is 442 g/mol. The zero-order valence-corrected chi connectivity index (χ0v) is 17.1. The zero-order valence-electron chi connectivity index (χ0n) is 17.1. The van der Waals surface area contributed by atoms with Crippen LogP contribution in [0.15, 0.2) is 66.7 Å². The van der Waals surface area contributed by atoms with E-state index in [0.29, 0.717) is 12.0 Å². The van der Waals surface area contributed by atoms with Crippen molar-refractivity contribution in [1.82, 2.24) is 0 Å². The molecule has 0 bridgehead atoms. The molecule has 166 valence electrons. The highest BCUT2D eigenvalue weighted by atomic mass is 19.4. The Morgan fingerprint density at radius 2 is 1.81 bits per heavy atom. The molecular formula is C25H21F3O4. The highest BCUT2D eigenvalue weighted by molar-refractivity contribution is 5.67. The lowest BCUT2D eigenvalue weighted by atomic mass is 10.1. The van der Waals surface area contributed by atoms with Crippen LogP contribution < -0.4 is 9.47 Å². The van der Waals surface area contributed by atoms with E-state index in [4.69, 9.17) is 14.6 Å². The summed E-state index contributed by atoms with van der Waals surface area (Å²) in [7, 11) is 0. The minimum absolute atomic E-state index is 0.0758. The summed E-state index contributed by atoms with van der Waals surface area (Å²) in [5, 5.41) is 8.82. The number of fused-ring (bicyclic) bond motifs is 1. The first-order valence-corrected chi connectivity index (χ1v) is 10.2. The van der Waals surface area contributed by atoms with Crippen molar-refractivity contribution in [3.8, 4) is 17.2 Å². The fourth-order valence-electron chi connectivity index (χ4n) is 3.84. The second-order valence-electron chi connectivity index (χ2n) is 7.64. The fourth-order valence-corrected chi connectivity index (χ4v) is 3.84. The smallest absolute Gasteiger partial charge is 0.420 e. The van der Waals surface area contributed by atoms with Gasteiger partial charge in [0.2, 0.25) is 0 Å². The minimum Gasteiger partial charge on any atom is -0.486 e. The molecule has 1 N–H and O–H groups in total. The van der Waals surface area contributed by atoms with Crippen LogP contribution in [0.25, 0.3) is 0 Å². The molecule has 0 aromatic heterocycles. The lowest BCUT2D eigenvalue weighted by Gasteiger charge is -2.19. The Balaban J connectivity index is 1.56. The van der Waals surface area contributed by atoms with E-state index < -0.39 is 17.7 Å². The van der Waals surface area contributed by atoms with Gasteiger partial charge in [-0.05, 0) is 66.3 Å². The summed E-state index contributed by atoms with van der Waals surface area (Å²) < 4.78 is 52.8. The maximum absolute atomic E-state index is 13.8. The minimum atomic E-state index is -4.64. The number of carboxylic acids is 1. The van der Waals surface area contributed by atoms with E-state index in [1.54, 1.807) is 18.2 Å². The molecule has 1 aliphatic carbocycles. The number of carbonyl (C=O) groups is 1. The first kappa shape index (κ1) is 21.7. The lowest BCUT2D eigenvalue weighted by Crippen LogP contribution is -2.09. The number of aliphatic carboxylic acids is 1. The van der Waals surface area contributed by atoms with Crippen molar-refractivity contribution < 1.29 is 32.5 Å². The Hall–Kier alpha value is -3.48. The predicted molar refractivity (Wildman–Crippen MR) is 112 cm³/mol. The molecule has 1 unspecified atom stereocenters. The highest BCUT2D eigenvalue weighted by Gasteiger charge is 2.35. The summed E-state index contributed by atoms with van der Waals surface area (Å²) in [5.41, 5.74) is 1.88. The summed E-state index contributed by atoms with van der Waals surface area (Å²) in [6.07, 6.45) is -3.20. The van der Waals surface area contributed by atoms with Gasteiger partial charge in [0.05, 0.1) is 0 Å². The summed E-state index contributed by atoms with van der Waals surface area (Å²) >= 11 is 0. The van der Waals surface area contributed by atoms with Gasteiger partial charge in [-0.25, -0.2) is 0 Å². The van der Waals surface area contributed by atoms with Crippen LogP contribution in [0, 0.1) is 0 Å². The summed E-state index contributed by atoms with van der Waals surface area (Å²) in [6, 6.07) is 17.9. The molecule has 0 radical (unpaired) electrons. The van der Waals surface area contributed by atoms with E-state index in [1.165, 1.54) is 18.2 Å². The Bertz CT molecular complexity index is 1120. The highest BCUT2D eigenvalue weighted by Crippen LogP contribution is 2.42. The molecule has 0 amide bonds. The van der Waals surface area contributed by atoms with Gasteiger partial charge in [0.1, 0.15) is 28.9 Å². The van der Waals surface area contributed by atoms with E-state index >= 15 is 0 Å². The SMILES string of the molecule is O=C(O)CCc1cccc(Oc2ccc(OC3CCc4ccccc43)cc2C(F)(F)F)c1. The van der Waals surface area contributed by atoms with Gasteiger partial charge in [-0.15, -0.1) is 0 Å². The standard InChI is InChI=1S/C25H21F3O4/c26-25(27,28)21-15-19(31-22-11-9-17-5-1-2-7-20(17)22)10-12-23(21)32-18-6-3-4-16(14-18)8-13-24(29)30/h1-7,10,12,14-15,22H,8-9,11,13H2,(H,29,30). The number of hydrogen-bond acceptors (Lipinski definition) is 3. The number of ether oxygens (including phenoxy) is 2. The molecule has 4 nitrogen and oxygen atoms in total. The molecule has 1 aliphatic rings. The van der Waals surface area contributed by atoms with E-state index in [-0.39, 0.29) is 36.2 Å². The third-order valence-corrected chi connectivity index (χ3v) is 5.37. The van der Waals surface area contributed by atoms with E-state index in [9.17, 15) is 18.0 Å². The lowest BCUT2D eigenvalue weighted by molar-refractivity contribution is -0.139. The quantitative estimate of drug-likeness (QED) is 0.449. The average Bonchev–Trinajstić information content (AvgIpc) is 3.16. The zero-order chi connectivity index (χ0) is 22.7. The van der Waals surface area contributed by atoms with Crippen molar-refractivity contribution >= 4 is 5.97 Å². The number of halogens is 3. The normalized spacial score (nSPS) is 15.3. The number of benzene rings is 3. The van der Waals surface area contributed by atoms with E-state index in [1.807, 2.05) is 24.3 Å². The summed E-state index contributed by atoms with van der Waals surface area (Å²) in [4.78, 5) is 10.8. The van der Waals surface area contributed by atoms with Gasteiger partial charge in [0.25, 0.3) is 0 Å². The van der Waals surface area contributed by atoms with Gasteiger partial charge in [-0.1, -0.05) is 36.4 Å². The topological polar surface area (TPSA) is 55.8 Å². The van der Waals surface area contributed by atoms with Crippen LogP contribution in [0.3, 0.4) is 0 Å². The van der Waals surface area contributed by atoms with Gasteiger partial charge in [0, 0.05) is 6.42 Å². The molecule has 0 spiro atoms. The van der Waals surface area contributed by atoms with Gasteiger partial charge < -0.3 is 14.6 Å². The maximum atomic E-state index is 13.8. The van der Waals surface area contributed by atoms with Crippen LogP contribution in [-0.2, 0) is 23.8 Å². The fraction of sp³-hybridized carbons (Fsp3) is 0.240. The van der Waals surface area contributed by atoms with Crippen LogP contribution in [0.4, 0.5) is 13.2 Å². The number of carboxylic acid groups (broad SMARTS) is 1. The van der Waals surface area contributed by atoms with Crippen LogP contribution in [0.2, 0.25) is 0 Å². The Morgan fingerprint density at radius 3 is 2.59 bits per heavy atom. The van der Waals surface area contributed by atoms with Crippen molar-refractivity contribution in [2.45, 2.75) is 38.0 Å². The second kappa shape index (κ2) is 8.94. The molecule has 32 heavy (non-hydrogen) atoms. The summed E-state index contributed by atoms with van der Waals surface area (Å²) in [5.74, 6) is -0.957. The molecule has 0 saturated carbocycles. The van der Waals surface area contributed by atoms with Crippen LogP contribution in [-0.4, -0.2) is 11.1 Å². The number of alkyl halides is 3. The first-order valence-electron chi connectivity index (χ1n) is 10.2. The predicted octanol–water partition coefficient (Wildman–Crippen LogP) is 6.58. The van der Waals surface area contributed by atoms with E-state index in [0.717, 1.165) is 23.6 Å². The van der Waals surface area contributed by atoms with Crippen molar-refractivity contribution in [3.63, 3.8) is 0 Å². The largest absolute Gasteiger partial charge is 0.486 e. The molecule has 0 saturated heterocycles. The molecular weight excluding hydrogens is 421 g/mol. The summed E-state index contributed by atoms with van der Waals surface area (Å²) in [6.45, 7) is 0. The number of hydrogen-bond donors (Lipinski definition) is 1. The molecule has 3 aromatic rings. The molecule has 0 heterocycles. The van der Waals surface area contributed by atoms with Gasteiger partial charge in [-0.3, -0.25) is 4.79 Å². The molecule has 0 aliphatic heterocycles. The third-order valence-electron chi connectivity index (χ3n) is 5.37. The van der Waals surface area contributed by atoms with Crippen LogP contribution in [0.5, 0.6) is 17.2 Å². The van der Waals surface area contributed by atoms with Crippen molar-refractivity contribution in [3.05, 3.63) is 89.0 Å². The van der Waals surface area contributed by atoms with E-state index in [2.05, 4.69) is 0 Å². The molecule has 4 rings (SSSR count). The van der Waals surface area contributed by atoms with Crippen molar-refractivity contribution in [1.29, 1.82) is 0 Å². The van der Waals surface area contributed by atoms with Crippen LogP contribution >= 0.6 is 0 Å². The third kappa shape index (κ3) is 5.04. The maximum Gasteiger partial charge on any atom is 0.420 e. The number of aryl methyl sites for hydroxylation is 2. The first-order chi connectivity index (χ1) is 15.3. The molecule has 3 aromatic carbocycles. The van der Waals surface area contributed by atoms with Gasteiger partial charge in [0.15, 0.2) is 0 Å². The number of rotatable bonds is 7. The molecule has 7 heteroatoms. The Kier molecular flexibility index (Phi) is 6.08. The van der Waals surface area contributed by atoms with Gasteiger partial charge in [-0.2, -0.15) is 13.2 Å². The molecule has 1 atom stereocenters. The monoisotopic (exact) mass is 442 g/mol. The Labute approximate surface area is 183 Å². The van der Waals surface area contributed by atoms with Crippen LogP contribution in [0.1, 0.15) is 41.2 Å². The van der Waals surface area contributed by atoms with Crippen molar-refractivity contribution in [2.75, 3.05) is 0 Å². The van der Waals surface area contributed by atoms with Crippen molar-refractivity contribution in [2.24, 2.45) is 0 Å². The van der Waals surface area contributed by atoms with Gasteiger partial charge >= 0.3 is 12.1 Å².